The summed E-state index contributed by atoms with van der Waals surface area (Å²) >= 11 is 0. The summed E-state index contributed by atoms with van der Waals surface area (Å²) in [5.74, 6) is -2.68. The molecule has 0 fully saturated rings. The lowest BCUT2D eigenvalue weighted by Crippen LogP contribution is -2.55. The number of aldehydes is 1. The van der Waals surface area contributed by atoms with Crippen LogP contribution in [0, 0.1) is 5.92 Å². The quantitative estimate of drug-likeness (QED) is 0.0700. The van der Waals surface area contributed by atoms with Gasteiger partial charge in [-0.3, -0.25) is 33.7 Å². The molecule has 0 bridgehead atoms. The highest BCUT2D eigenvalue weighted by molar-refractivity contribution is 5.95. The zero-order valence-electron chi connectivity index (χ0n) is 26.2. The molecule has 4 N–H and O–H groups in total. The Morgan fingerprint density at radius 2 is 1.63 bits per heavy atom. The molecule has 14 nitrogen and oxygen atoms in total. The van der Waals surface area contributed by atoms with E-state index >= 15 is 0 Å². The highest BCUT2D eigenvalue weighted by Gasteiger charge is 2.28. The van der Waals surface area contributed by atoms with Crippen LogP contribution in [0.5, 0.6) is 0 Å². The SMILES string of the molecule is C/C=C\C(=O)N(C=O)CCCC(=O)N[C@@H](CCCCNC(=O)COC(C)(C)COC)C(=O)NC(C(=O)NCC=O)C(C)C. The lowest BCUT2D eigenvalue weighted by molar-refractivity contribution is -0.135. The van der Waals surface area contributed by atoms with E-state index in [0.29, 0.717) is 38.7 Å². The number of ether oxygens (including phenoxy) is 2. The van der Waals surface area contributed by atoms with Gasteiger partial charge < -0.3 is 35.5 Å². The number of amides is 6. The number of rotatable bonds is 23. The summed E-state index contributed by atoms with van der Waals surface area (Å²) < 4.78 is 10.6. The average molecular weight is 612 g/mol. The van der Waals surface area contributed by atoms with E-state index in [2.05, 4.69) is 21.3 Å². The summed E-state index contributed by atoms with van der Waals surface area (Å²) in [5.41, 5.74) is -0.615. The molecule has 0 heterocycles. The van der Waals surface area contributed by atoms with Crippen LogP contribution in [-0.2, 0) is 43.0 Å². The number of hydrogen-bond acceptors (Lipinski definition) is 9. The van der Waals surface area contributed by atoms with Gasteiger partial charge >= 0.3 is 0 Å². The summed E-state index contributed by atoms with van der Waals surface area (Å²) in [6, 6.07) is -1.93. The van der Waals surface area contributed by atoms with E-state index in [-0.39, 0.29) is 50.8 Å². The van der Waals surface area contributed by atoms with Crippen molar-refractivity contribution in [3.63, 3.8) is 0 Å². The van der Waals surface area contributed by atoms with Crippen LogP contribution in [0.3, 0.4) is 0 Å². The van der Waals surface area contributed by atoms with E-state index in [4.69, 9.17) is 9.47 Å². The van der Waals surface area contributed by atoms with Crippen LogP contribution in [0.15, 0.2) is 12.2 Å². The number of allylic oxidation sites excluding steroid dienone is 1. The molecular weight excluding hydrogens is 562 g/mol. The van der Waals surface area contributed by atoms with Crippen molar-refractivity contribution in [3.05, 3.63) is 12.2 Å². The Bertz CT molecular complexity index is 953. The van der Waals surface area contributed by atoms with Crippen LogP contribution in [0.1, 0.15) is 66.7 Å². The number of nitrogens with one attached hydrogen (secondary N) is 4. The largest absolute Gasteiger partial charge is 0.382 e. The van der Waals surface area contributed by atoms with Gasteiger partial charge in [0, 0.05) is 26.6 Å². The fraction of sp³-hybridized carbons (Fsp3) is 0.690. The van der Waals surface area contributed by atoms with Crippen molar-refractivity contribution in [2.24, 2.45) is 5.92 Å². The molecule has 0 saturated heterocycles. The molecule has 1 unspecified atom stereocenters. The highest BCUT2D eigenvalue weighted by Crippen LogP contribution is 2.09. The van der Waals surface area contributed by atoms with Gasteiger partial charge in [0.2, 0.25) is 30.0 Å². The third-order valence-electron chi connectivity index (χ3n) is 6.11. The van der Waals surface area contributed by atoms with Crippen LogP contribution in [-0.4, -0.2) is 105 Å². The summed E-state index contributed by atoms with van der Waals surface area (Å²) in [7, 11) is 1.54. The second-order valence-electron chi connectivity index (χ2n) is 10.8. The maximum Gasteiger partial charge on any atom is 0.252 e. The van der Waals surface area contributed by atoms with Crippen molar-refractivity contribution in [2.75, 3.05) is 40.0 Å². The summed E-state index contributed by atoms with van der Waals surface area (Å²) in [4.78, 5) is 85.2. The molecule has 14 heteroatoms. The van der Waals surface area contributed by atoms with Gasteiger partial charge in [0.25, 0.3) is 5.91 Å². The zero-order valence-corrected chi connectivity index (χ0v) is 26.2. The van der Waals surface area contributed by atoms with Crippen molar-refractivity contribution in [1.82, 2.24) is 26.2 Å². The molecule has 43 heavy (non-hydrogen) atoms. The minimum absolute atomic E-state index is 0.0232. The van der Waals surface area contributed by atoms with Crippen LogP contribution in [0.4, 0.5) is 0 Å². The summed E-state index contributed by atoms with van der Waals surface area (Å²) in [5, 5.41) is 10.5. The number of methoxy groups -OCH3 is 1. The minimum Gasteiger partial charge on any atom is -0.382 e. The lowest BCUT2D eigenvalue weighted by Gasteiger charge is -2.25. The smallest absolute Gasteiger partial charge is 0.252 e. The molecule has 0 aromatic heterocycles. The van der Waals surface area contributed by atoms with Gasteiger partial charge in [-0.2, -0.15) is 0 Å². The third kappa shape index (κ3) is 17.8. The Morgan fingerprint density at radius 1 is 0.930 bits per heavy atom. The van der Waals surface area contributed by atoms with Gasteiger partial charge in [-0.25, -0.2) is 0 Å². The van der Waals surface area contributed by atoms with Gasteiger partial charge in [-0.15, -0.1) is 0 Å². The van der Waals surface area contributed by atoms with Crippen molar-refractivity contribution in [2.45, 2.75) is 84.4 Å². The minimum atomic E-state index is -0.992. The Labute approximate surface area is 254 Å². The number of carbonyl (C=O) groups excluding carboxylic acids is 7. The van der Waals surface area contributed by atoms with Gasteiger partial charge in [0.15, 0.2) is 0 Å². The Morgan fingerprint density at radius 3 is 2.21 bits per heavy atom. The number of carbonyl (C=O) groups is 7. The van der Waals surface area contributed by atoms with Crippen molar-refractivity contribution >= 4 is 42.2 Å². The molecule has 0 aliphatic rings. The average Bonchev–Trinajstić information content (AvgIpc) is 2.94. The molecule has 0 aromatic carbocycles. The van der Waals surface area contributed by atoms with E-state index in [9.17, 15) is 33.6 Å². The van der Waals surface area contributed by atoms with Gasteiger partial charge in [-0.05, 0) is 58.4 Å². The first-order chi connectivity index (χ1) is 20.3. The molecule has 0 spiro atoms. The van der Waals surface area contributed by atoms with Crippen LogP contribution < -0.4 is 21.3 Å². The molecule has 0 radical (unpaired) electrons. The molecule has 0 aliphatic heterocycles. The van der Waals surface area contributed by atoms with E-state index in [0.717, 1.165) is 4.90 Å². The Balaban J connectivity index is 5.18. The van der Waals surface area contributed by atoms with Crippen LogP contribution >= 0.6 is 0 Å². The van der Waals surface area contributed by atoms with E-state index in [1.165, 1.54) is 12.2 Å². The maximum absolute atomic E-state index is 13.2. The first-order valence-electron chi connectivity index (χ1n) is 14.4. The number of imide groups is 1. The van der Waals surface area contributed by atoms with Crippen LogP contribution in [0.25, 0.3) is 0 Å². The Hall–Kier alpha value is -3.65. The fourth-order valence-corrected chi connectivity index (χ4v) is 3.84. The number of nitrogens with zero attached hydrogens (tertiary/aromatic N) is 1. The van der Waals surface area contributed by atoms with E-state index in [1.54, 1.807) is 41.7 Å². The van der Waals surface area contributed by atoms with Gasteiger partial charge in [-0.1, -0.05) is 19.9 Å². The van der Waals surface area contributed by atoms with Gasteiger partial charge in [0.05, 0.1) is 18.8 Å². The lowest BCUT2D eigenvalue weighted by atomic mass is 10.0. The first-order valence-corrected chi connectivity index (χ1v) is 14.4. The predicted molar refractivity (Wildman–Crippen MR) is 158 cm³/mol. The van der Waals surface area contributed by atoms with Crippen molar-refractivity contribution in [1.29, 1.82) is 0 Å². The molecular formula is C29H49N5O9. The van der Waals surface area contributed by atoms with Crippen molar-refractivity contribution < 1.29 is 43.0 Å². The number of unbranched alkanes of at least 4 members (excludes halogenated alkanes) is 1. The molecule has 6 amide bonds. The third-order valence-corrected chi connectivity index (χ3v) is 6.11. The molecule has 0 aromatic rings. The molecule has 2 atom stereocenters. The normalized spacial score (nSPS) is 12.7. The number of hydrogen-bond donors (Lipinski definition) is 4. The standard InChI is InChI=1S/C29H49N5O9/c1-7-11-25(39)34(20-36)16-10-13-23(37)32-22(27(40)33-26(21(2)3)28(41)31-15-17-35)12-8-9-14-30-24(38)18-43-29(4,5)19-42-6/h7,11,17,20-22,26H,8-10,12-16,18-19H2,1-6H3,(H,30,38)(H,31,41)(H,32,37)(H,33,40)/b11-7-/t22-,26?/m0/s1. The van der Waals surface area contributed by atoms with Crippen LogP contribution in [0.2, 0.25) is 0 Å². The summed E-state index contributed by atoms with van der Waals surface area (Å²) in [6.45, 7) is 9.05. The van der Waals surface area contributed by atoms with E-state index in [1.807, 2.05) is 0 Å². The zero-order chi connectivity index (χ0) is 32.8. The topological polar surface area (TPSA) is 189 Å². The molecule has 0 aliphatic carbocycles. The monoisotopic (exact) mass is 611 g/mol. The first kappa shape index (κ1) is 39.4. The fourth-order valence-electron chi connectivity index (χ4n) is 3.84. The maximum atomic E-state index is 13.2. The molecule has 244 valence electrons. The summed E-state index contributed by atoms with van der Waals surface area (Å²) in [6.07, 6.45) is 4.96. The highest BCUT2D eigenvalue weighted by atomic mass is 16.5. The van der Waals surface area contributed by atoms with Crippen molar-refractivity contribution in [3.8, 4) is 0 Å². The second kappa shape index (κ2) is 22.0. The predicted octanol–water partition coefficient (Wildman–Crippen LogP) is -0.00350. The van der Waals surface area contributed by atoms with E-state index < -0.39 is 41.3 Å². The molecule has 0 rings (SSSR count). The Kier molecular flexibility index (Phi) is 20.1. The molecule has 0 saturated carbocycles. The van der Waals surface area contributed by atoms with Gasteiger partial charge in [0.1, 0.15) is 25.0 Å². The second-order valence-corrected chi connectivity index (χ2v) is 10.8.